The van der Waals surface area contributed by atoms with Gasteiger partial charge in [0.2, 0.25) is 0 Å². The van der Waals surface area contributed by atoms with Crippen molar-refractivity contribution in [1.82, 2.24) is 0 Å². The Labute approximate surface area is 289 Å². The first kappa shape index (κ1) is 42.5. The van der Waals surface area contributed by atoms with Gasteiger partial charge in [-0.15, -0.1) is 0 Å². The van der Waals surface area contributed by atoms with Crippen molar-refractivity contribution < 1.29 is 19.2 Å². The van der Waals surface area contributed by atoms with Crippen LogP contribution in [0.4, 0.5) is 0 Å². The Balaban J connectivity index is 7.57. The maximum atomic E-state index is 13.8. The van der Waals surface area contributed by atoms with Crippen molar-refractivity contribution in [3.05, 3.63) is 0 Å². The second-order valence-electron chi connectivity index (χ2n) is 11.2. The lowest BCUT2D eigenvalue weighted by Gasteiger charge is -2.53. The standard InChI is InChI=1S/C29H52O4S8/c1-17(34)9-38-13-25(21(5)30)29(26(22(6)31)14-39-10-18(2)35,27(23(7)32)15-40-11-19(3)36)28(24(8)33)16-41-12-20(4)37/h17-20,25-28,34-37H,9-16H2,1-8H3. The van der Waals surface area contributed by atoms with E-state index in [4.69, 9.17) is 0 Å². The molecular formula is C29H52O4S8. The molecule has 0 aliphatic heterocycles. The Bertz CT molecular complexity index is 685. The molecule has 0 radical (unpaired) electrons. The molecule has 0 fully saturated rings. The van der Waals surface area contributed by atoms with Crippen molar-refractivity contribution in [2.75, 3.05) is 46.0 Å². The molecule has 0 rings (SSSR count). The smallest absolute Gasteiger partial charge is 0.134 e. The van der Waals surface area contributed by atoms with Crippen LogP contribution in [-0.2, 0) is 19.2 Å². The highest BCUT2D eigenvalue weighted by atomic mass is 32.2. The molecule has 240 valence electrons. The van der Waals surface area contributed by atoms with Crippen LogP contribution in [0.15, 0.2) is 0 Å². The number of carbonyl (C=O) groups is 4. The molecule has 0 aromatic rings. The van der Waals surface area contributed by atoms with Gasteiger partial charge in [-0.1, -0.05) is 27.7 Å². The molecule has 0 spiro atoms. The van der Waals surface area contributed by atoms with Gasteiger partial charge in [0.25, 0.3) is 0 Å². The summed E-state index contributed by atoms with van der Waals surface area (Å²) in [5.74, 6) is 1.59. The lowest BCUT2D eigenvalue weighted by atomic mass is 9.51. The van der Waals surface area contributed by atoms with Crippen molar-refractivity contribution in [2.24, 2.45) is 29.1 Å². The number of hydrogen-bond acceptors (Lipinski definition) is 12. The largest absolute Gasteiger partial charge is 0.300 e. The molecule has 8 unspecified atom stereocenters. The number of carbonyl (C=O) groups excluding carboxylic acids is 4. The zero-order valence-corrected chi connectivity index (χ0v) is 32.7. The van der Waals surface area contributed by atoms with Crippen molar-refractivity contribution >= 4 is 121 Å². The molecule has 8 atom stereocenters. The van der Waals surface area contributed by atoms with E-state index in [1.807, 2.05) is 27.7 Å². The van der Waals surface area contributed by atoms with Crippen LogP contribution < -0.4 is 0 Å². The highest BCUT2D eigenvalue weighted by Gasteiger charge is 2.60. The van der Waals surface area contributed by atoms with Gasteiger partial charge in [-0.3, -0.25) is 19.2 Å². The lowest BCUT2D eigenvalue weighted by molar-refractivity contribution is -0.149. The first-order valence-electron chi connectivity index (χ1n) is 14.0. The molecule has 0 bridgehead atoms. The summed E-state index contributed by atoms with van der Waals surface area (Å²) >= 11 is 24.6. The number of ketones is 4. The Morgan fingerprint density at radius 3 is 0.732 bits per heavy atom. The molecular weight excluding hydrogens is 669 g/mol. The van der Waals surface area contributed by atoms with Crippen LogP contribution in [-0.4, -0.2) is 90.2 Å². The molecule has 0 amide bonds. The quantitative estimate of drug-likeness (QED) is 0.0796. The predicted octanol–water partition coefficient (Wildman–Crippen LogP) is 7.00. The summed E-state index contributed by atoms with van der Waals surface area (Å²) in [5, 5.41) is 0.463. The van der Waals surface area contributed by atoms with Gasteiger partial charge in [0.15, 0.2) is 0 Å². The molecule has 41 heavy (non-hydrogen) atoms. The topological polar surface area (TPSA) is 68.3 Å². The second kappa shape index (κ2) is 22.1. The number of thiol groups is 4. The van der Waals surface area contributed by atoms with Gasteiger partial charge in [-0.2, -0.15) is 97.6 Å². The third-order valence-electron chi connectivity index (χ3n) is 6.95. The summed E-state index contributed by atoms with van der Waals surface area (Å²) in [5.41, 5.74) is -1.17. The van der Waals surface area contributed by atoms with E-state index in [0.29, 0.717) is 46.0 Å². The summed E-state index contributed by atoms with van der Waals surface area (Å²) in [4.78, 5) is 55.1. The average molecular weight is 721 g/mol. The van der Waals surface area contributed by atoms with Crippen LogP contribution in [0.2, 0.25) is 0 Å². The Hall–Kier alpha value is 1.48. The number of Topliss-reactive ketones (excluding diaryl/α,β-unsaturated/α-hetero) is 4. The molecule has 0 aromatic heterocycles. The first-order valence-corrected chi connectivity index (χ1v) is 20.7. The van der Waals surface area contributed by atoms with Gasteiger partial charge in [0.1, 0.15) is 23.1 Å². The predicted molar refractivity (Wildman–Crippen MR) is 202 cm³/mol. The van der Waals surface area contributed by atoms with Crippen molar-refractivity contribution in [3.8, 4) is 0 Å². The monoisotopic (exact) mass is 720 g/mol. The van der Waals surface area contributed by atoms with Crippen LogP contribution in [0.1, 0.15) is 55.4 Å². The Kier molecular flexibility index (Phi) is 22.9. The third-order valence-corrected chi connectivity index (χ3v) is 13.9. The normalized spacial score (nSPS) is 19.2. The Morgan fingerprint density at radius 1 is 0.439 bits per heavy atom. The summed E-state index contributed by atoms with van der Waals surface area (Å²) in [6.45, 7) is 14.2. The number of hydrogen-bond donors (Lipinski definition) is 4. The summed E-state index contributed by atoms with van der Waals surface area (Å²) < 4.78 is 0. The highest BCUT2D eigenvalue weighted by molar-refractivity contribution is 8.01. The Morgan fingerprint density at radius 2 is 0.610 bits per heavy atom. The zero-order chi connectivity index (χ0) is 31.9. The molecule has 0 aliphatic rings. The van der Waals surface area contributed by atoms with Crippen molar-refractivity contribution in [1.29, 1.82) is 0 Å². The average Bonchev–Trinajstić information content (AvgIpc) is 2.82. The fourth-order valence-corrected chi connectivity index (χ4v) is 11.5. The van der Waals surface area contributed by atoms with E-state index in [2.05, 4.69) is 50.5 Å². The minimum Gasteiger partial charge on any atom is -0.300 e. The maximum Gasteiger partial charge on any atom is 0.134 e. The van der Waals surface area contributed by atoms with Crippen molar-refractivity contribution in [3.63, 3.8) is 0 Å². The lowest BCUT2D eigenvalue weighted by Crippen LogP contribution is -2.60. The van der Waals surface area contributed by atoms with Gasteiger partial charge in [0.05, 0.1) is 0 Å². The van der Waals surface area contributed by atoms with Gasteiger partial charge in [0, 0.05) is 96.1 Å². The maximum absolute atomic E-state index is 13.8. The molecule has 0 aliphatic carbocycles. The van der Waals surface area contributed by atoms with E-state index in [1.54, 1.807) is 74.7 Å². The highest BCUT2D eigenvalue weighted by Crippen LogP contribution is 2.55. The fraction of sp³-hybridized carbons (Fsp3) is 0.862. The fourth-order valence-electron chi connectivity index (χ4n) is 5.34. The second-order valence-corrected chi connectivity index (χ2v) is 19.0. The van der Waals surface area contributed by atoms with Crippen LogP contribution >= 0.6 is 97.6 Å². The number of thioether (sulfide) groups is 4. The molecule has 0 aromatic carbocycles. The molecule has 0 saturated carbocycles. The van der Waals surface area contributed by atoms with E-state index in [0.717, 1.165) is 0 Å². The summed E-state index contributed by atoms with van der Waals surface area (Å²) in [6, 6.07) is 0. The van der Waals surface area contributed by atoms with Crippen LogP contribution in [0, 0.1) is 29.1 Å². The molecule has 12 heteroatoms. The third kappa shape index (κ3) is 15.1. The zero-order valence-electron chi connectivity index (χ0n) is 25.8. The van der Waals surface area contributed by atoms with E-state index in [-0.39, 0.29) is 44.1 Å². The summed E-state index contributed by atoms with van der Waals surface area (Å²) in [7, 11) is 0. The van der Waals surface area contributed by atoms with Gasteiger partial charge in [-0.05, 0) is 27.7 Å². The molecule has 0 heterocycles. The number of rotatable bonds is 24. The van der Waals surface area contributed by atoms with Gasteiger partial charge >= 0.3 is 0 Å². The molecule has 4 nitrogen and oxygen atoms in total. The summed E-state index contributed by atoms with van der Waals surface area (Å²) in [6.07, 6.45) is 0. The van der Waals surface area contributed by atoms with Crippen molar-refractivity contribution in [2.45, 2.75) is 76.4 Å². The minimum absolute atomic E-state index is 0.0826. The van der Waals surface area contributed by atoms with Gasteiger partial charge < -0.3 is 0 Å². The van der Waals surface area contributed by atoms with E-state index in [9.17, 15) is 19.2 Å². The van der Waals surface area contributed by atoms with Crippen LogP contribution in [0.3, 0.4) is 0 Å². The van der Waals surface area contributed by atoms with E-state index < -0.39 is 29.1 Å². The van der Waals surface area contributed by atoms with Crippen LogP contribution in [0.5, 0.6) is 0 Å². The molecule has 0 saturated heterocycles. The minimum atomic E-state index is -1.17. The van der Waals surface area contributed by atoms with Crippen LogP contribution in [0.25, 0.3) is 0 Å². The van der Waals surface area contributed by atoms with E-state index >= 15 is 0 Å². The SMILES string of the molecule is CC(=O)C(CSCC(C)S)C(C(CSCC(C)S)C(C)=O)(C(CSCC(C)S)C(C)=O)C(CSCC(C)S)C(C)=O. The first-order chi connectivity index (χ1) is 19.0. The van der Waals surface area contributed by atoms with Gasteiger partial charge in [-0.25, -0.2) is 0 Å². The molecule has 0 N–H and O–H groups in total. The van der Waals surface area contributed by atoms with E-state index in [1.165, 1.54) is 0 Å².